The first-order valence-corrected chi connectivity index (χ1v) is 13.6. The third kappa shape index (κ3) is 8.28. The van der Waals surface area contributed by atoms with Crippen LogP contribution in [0, 0.1) is 0 Å². The predicted octanol–water partition coefficient (Wildman–Crippen LogP) is 3.57. The summed E-state index contributed by atoms with van der Waals surface area (Å²) in [5, 5.41) is 2.95. The van der Waals surface area contributed by atoms with E-state index >= 15 is 0 Å². The minimum atomic E-state index is -3.84. The van der Waals surface area contributed by atoms with Crippen LogP contribution in [0.3, 0.4) is 0 Å². The van der Waals surface area contributed by atoms with Gasteiger partial charge in [-0.25, -0.2) is 8.42 Å². The van der Waals surface area contributed by atoms with Crippen LogP contribution in [0.1, 0.15) is 46.6 Å². The molecule has 0 radical (unpaired) electrons. The van der Waals surface area contributed by atoms with Crippen LogP contribution < -0.4 is 14.4 Å². The number of ether oxygens (including phenoxy) is 1. The Balaban J connectivity index is 2.48. The smallest absolute Gasteiger partial charge is 0.244 e. The van der Waals surface area contributed by atoms with E-state index in [-0.39, 0.29) is 18.1 Å². The fraction of sp³-hybridized carbons (Fsp3) is 0.462. The van der Waals surface area contributed by atoms with E-state index in [0.29, 0.717) is 18.8 Å². The molecule has 0 aliphatic rings. The lowest BCUT2D eigenvalue weighted by atomic mass is 10.1. The monoisotopic (exact) mass is 503 g/mol. The minimum Gasteiger partial charge on any atom is -0.492 e. The average molecular weight is 504 g/mol. The molecule has 0 saturated carbocycles. The van der Waals surface area contributed by atoms with Gasteiger partial charge >= 0.3 is 0 Å². The Labute approximate surface area is 209 Å². The topological polar surface area (TPSA) is 96.0 Å². The van der Waals surface area contributed by atoms with Crippen LogP contribution in [-0.2, 0) is 26.2 Å². The van der Waals surface area contributed by atoms with Crippen molar-refractivity contribution >= 4 is 27.5 Å². The van der Waals surface area contributed by atoms with E-state index in [2.05, 4.69) is 5.32 Å². The van der Waals surface area contributed by atoms with Gasteiger partial charge in [-0.15, -0.1) is 0 Å². The van der Waals surface area contributed by atoms with Crippen molar-refractivity contribution in [2.45, 2.75) is 59.2 Å². The number of rotatable bonds is 11. The molecule has 0 fully saturated rings. The summed E-state index contributed by atoms with van der Waals surface area (Å²) in [6.07, 6.45) is 1.42. The van der Waals surface area contributed by atoms with Crippen molar-refractivity contribution in [1.29, 1.82) is 0 Å². The molecule has 0 aliphatic heterocycles. The van der Waals surface area contributed by atoms with Gasteiger partial charge in [-0.3, -0.25) is 13.9 Å². The first-order valence-electron chi connectivity index (χ1n) is 11.7. The second kappa shape index (κ2) is 12.1. The molecule has 192 valence electrons. The first kappa shape index (κ1) is 28.2. The summed E-state index contributed by atoms with van der Waals surface area (Å²) < 4.78 is 32.2. The maximum atomic E-state index is 13.7. The summed E-state index contributed by atoms with van der Waals surface area (Å²) in [6.45, 7) is 9.29. The number of para-hydroxylation sites is 2. The molecule has 1 atom stereocenters. The highest BCUT2D eigenvalue weighted by Crippen LogP contribution is 2.30. The SMILES string of the molecule is CCOc1ccccc1N(CC(=O)N(Cc1ccccc1)[C@H](CC)C(=O)NC(C)(C)C)S(C)(=O)=O. The highest BCUT2D eigenvalue weighted by molar-refractivity contribution is 7.92. The Morgan fingerprint density at radius 1 is 1.00 bits per heavy atom. The Morgan fingerprint density at radius 3 is 2.14 bits per heavy atom. The van der Waals surface area contributed by atoms with Crippen LogP contribution >= 0.6 is 0 Å². The van der Waals surface area contributed by atoms with Crippen LogP contribution in [0.15, 0.2) is 54.6 Å². The number of nitrogens with one attached hydrogen (secondary N) is 1. The molecule has 1 N–H and O–H groups in total. The molecule has 0 aliphatic carbocycles. The molecule has 9 heteroatoms. The molecule has 2 aromatic carbocycles. The molecule has 0 spiro atoms. The summed E-state index contributed by atoms with van der Waals surface area (Å²) in [7, 11) is -3.84. The van der Waals surface area contributed by atoms with Crippen LogP contribution in [0.5, 0.6) is 5.75 Å². The van der Waals surface area contributed by atoms with Crippen molar-refractivity contribution in [2.24, 2.45) is 0 Å². The van der Waals surface area contributed by atoms with E-state index in [1.54, 1.807) is 31.2 Å². The fourth-order valence-electron chi connectivity index (χ4n) is 3.69. The highest BCUT2D eigenvalue weighted by Gasteiger charge is 2.33. The zero-order chi connectivity index (χ0) is 26.2. The molecule has 2 rings (SSSR count). The van der Waals surface area contributed by atoms with Gasteiger partial charge in [-0.1, -0.05) is 49.4 Å². The summed E-state index contributed by atoms with van der Waals surface area (Å²) in [5.41, 5.74) is 0.627. The quantitative estimate of drug-likeness (QED) is 0.506. The van der Waals surface area contributed by atoms with Gasteiger partial charge in [0, 0.05) is 12.1 Å². The van der Waals surface area contributed by atoms with Crippen molar-refractivity contribution in [3.63, 3.8) is 0 Å². The van der Waals surface area contributed by atoms with Crippen molar-refractivity contribution in [3.8, 4) is 5.75 Å². The van der Waals surface area contributed by atoms with E-state index in [1.807, 2.05) is 58.0 Å². The van der Waals surface area contributed by atoms with Crippen molar-refractivity contribution in [1.82, 2.24) is 10.2 Å². The summed E-state index contributed by atoms with van der Waals surface area (Å²) in [6, 6.07) is 15.2. The van der Waals surface area contributed by atoms with E-state index in [9.17, 15) is 18.0 Å². The minimum absolute atomic E-state index is 0.167. The van der Waals surface area contributed by atoms with Gasteiger partial charge in [0.2, 0.25) is 21.8 Å². The Morgan fingerprint density at radius 2 is 1.60 bits per heavy atom. The first-order chi connectivity index (χ1) is 16.4. The maximum absolute atomic E-state index is 13.7. The molecule has 8 nitrogen and oxygen atoms in total. The largest absolute Gasteiger partial charge is 0.492 e. The number of sulfonamides is 1. The van der Waals surface area contributed by atoms with E-state index in [1.165, 1.54) is 4.90 Å². The molecular formula is C26H37N3O5S. The molecule has 0 bridgehead atoms. The second-order valence-corrected chi connectivity index (χ2v) is 11.2. The van der Waals surface area contributed by atoms with E-state index in [0.717, 1.165) is 16.1 Å². The number of hydrogen-bond acceptors (Lipinski definition) is 5. The lowest BCUT2D eigenvalue weighted by Crippen LogP contribution is -2.55. The summed E-state index contributed by atoms with van der Waals surface area (Å²) in [5.74, 6) is -0.410. The van der Waals surface area contributed by atoms with Gasteiger partial charge in [0.05, 0.1) is 18.6 Å². The molecule has 2 aromatic rings. The number of hydrogen-bond donors (Lipinski definition) is 1. The van der Waals surface area contributed by atoms with Crippen LogP contribution in [0.2, 0.25) is 0 Å². The van der Waals surface area contributed by atoms with E-state index < -0.39 is 34.1 Å². The number of carbonyl (C=O) groups excluding carboxylic acids is 2. The third-order valence-electron chi connectivity index (χ3n) is 5.19. The van der Waals surface area contributed by atoms with Gasteiger partial charge in [0.15, 0.2) is 0 Å². The Bertz CT molecular complexity index is 1100. The zero-order valence-corrected chi connectivity index (χ0v) is 22.3. The normalized spacial score (nSPS) is 12.5. The van der Waals surface area contributed by atoms with Crippen LogP contribution in [-0.4, -0.2) is 56.1 Å². The summed E-state index contributed by atoms with van der Waals surface area (Å²) in [4.78, 5) is 28.3. The fourth-order valence-corrected chi connectivity index (χ4v) is 4.54. The van der Waals surface area contributed by atoms with Crippen LogP contribution in [0.4, 0.5) is 5.69 Å². The molecule has 2 amide bonds. The number of amides is 2. The molecular weight excluding hydrogens is 466 g/mol. The summed E-state index contributed by atoms with van der Waals surface area (Å²) >= 11 is 0. The lowest BCUT2D eigenvalue weighted by molar-refractivity contribution is -0.141. The van der Waals surface area contributed by atoms with Gasteiger partial charge in [-0.05, 0) is 51.8 Å². The number of benzene rings is 2. The number of carbonyl (C=O) groups is 2. The Kier molecular flexibility index (Phi) is 9.71. The molecule has 0 aromatic heterocycles. The third-order valence-corrected chi connectivity index (χ3v) is 6.32. The van der Waals surface area contributed by atoms with Crippen LogP contribution in [0.25, 0.3) is 0 Å². The predicted molar refractivity (Wildman–Crippen MR) is 139 cm³/mol. The number of anilines is 1. The van der Waals surface area contributed by atoms with Gasteiger partial charge in [0.25, 0.3) is 0 Å². The number of nitrogens with zero attached hydrogens (tertiary/aromatic N) is 2. The van der Waals surface area contributed by atoms with Crippen molar-refractivity contribution < 1.29 is 22.7 Å². The highest BCUT2D eigenvalue weighted by atomic mass is 32.2. The van der Waals surface area contributed by atoms with Gasteiger partial charge in [0.1, 0.15) is 18.3 Å². The lowest BCUT2D eigenvalue weighted by Gasteiger charge is -2.34. The van der Waals surface area contributed by atoms with Gasteiger partial charge < -0.3 is 15.0 Å². The van der Waals surface area contributed by atoms with Crippen molar-refractivity contribution in [2.75, 3.05) is 23.7 Å². The Hall–Kier alpha value is -3.07. The molecule has 0 saturated heterocycles. The second-order valence-electron chi connectivity index (χ2n) is 9.34. The van der Waals surface area contributed by atoms with Crippen molar-refractivity contribution in [3.05, 3.63) is 60.2 Å². The zero-order valence-electron chi connectivity index (χ0n) is 21.4. The van der Waals surface area contributed by atoms with E-state index in [4.69, 9.17) is 4.74 Å². The van der Waals surface area contributed by atoms with Gasteiger partial charge in [-0.2, -0.15) is 0 Å². The molecule has 0 unspecified atom stereocenters. The maximum Gasteiger partial charge on any atom is 0.244 e. The molecule has 35 heavy (non-hydrogen) atoms. The molecule has 0 heterocycles. The average Bonchev–Trinajstić information content (AvgIpc) is 2.76. The standard InChI is InChI=1S/C26H37N3O5S/c1-7-21(25(31)27-26(3,4)5)28(18-20-14-10-9-11-15-20)24(30)19-29(35(6,32)33)22-16-12-13-17-23(22)34-8-2/h9-17,21H,7-8,18-19H2,1-6H3,(H,27,31)/t21-/m1/s1.